The van der Waals surface area contributed by atoms with Crippen LogP contribution in [0, 0.1) is 0 Å². The van der Waals surface area contributed by atoms with Gasteiger partial charge < -0.3 is 15.8 Å². The van der Waals surface area contributed by atoms with Gasteiger partial charge in [-0.2, -0.15) is 0 Å². The third kappa shape index (κ3) is 3.86. The van der Waals surface area contributed by atoms with Crippen molar-refractivity contribution in [3.05, 3.63) is 23.9 Å². The number of aromatic nitrogens is 1. The van der Waals surface area contributed by atoms with Crippen LogP contribution in [-0.4, -0.2) is 30.1 Å². The Balaban J connectivity index is 2.52. The van der Waals surface area contributed by atoms with Gasteiger partial charge in [0.15, 0.2) is 0 Å². The second-order valence-corrected chi connectivity index (χ2v) is 3.48. The minimum Gasteiger partial charge on any atom is -0.384 e. The number of ether oxygens (including phenoxy) is 1. The molecule has 0 radical (unpaired) electrons. The fourth-order valence-corrected chi connectivity index (χ4v) is 1.21. The Morgan fingerprint density at radius 3 is 3.00 bits per heavy atom. The van der Waals surface area contributed by atoms with Crippen LogP contribution < -0.4 is 11.1 Å². The average molecular weight is 223 g/mol. The smallest absolute Gasteiger partial charge is 0.270 e. The van der Waals surface area contributed by atoms with Gasteiger partial charge in [0.25, 0.3) is 5.91 Å². The number of hydrogen-bond donors (Lipinski definition) is 2. The van der Waals surface area contributed by atoms with Crippen LogP contribution in [-0.2, 0) is 4.74 Å². The van der Waals surface area contributed by atoms with Crippen LogP contribution in [0.3, 0.4) is 0 Å². The topological polar surface area (TPSA) is 77.2 Å². The van der Waals surface area contributed by atoms with Crippen molar-refractivity contribution in [1.29, 1.82) is 0 Å². The molecule has 1 amide bonds. The number of amides is 1. The van der Waals surface area contributed by atoms with E-state index >= 15 is 0 Å². The fourth-order valence-electron chi connectivity index (χ4n) is 1.21. The van der Waals surface area contributed by atoms with Crippen molar-refractivity contribution < 1.29 is 9.53 Å². The normalized spacial score (nSPS) is 12.1. The zero-order valence-electron chi connectivity index (χ0n) is 9.56. The molecule has 1 unspecified atom stereocenters. The molecule has 0 bridgehead atoms. The van der Waals surface area contributed by atoms with Crippen LogP contribution in [0.15, 0.2) is 18.2 Å². The zero-order chi connectivity index (χ0) is 12.0. The maximum Gasteiger partial charge on any atom is 0.270 e. The van der Waals surface area contributed by atoms with Crippen molar-refractivity contribution in [2.24, 2.45) is 0 Å². The van der Waals surface area contributed by atoms with Crippen molar-refractivity contribution >= 4 is 11.7 Å². The first-order valence-electron chi connectivity index (χ1n) is 5.24. The van der Waals surface area contributed by atoms with Gasteiger partial charge in [0, 0.05) is 12.6 Å². The van der Waals surface area contributed by atoms with Crippen LogP contribution in [0.2, 0.25) is 0 Å². The molecule has 0 spiro atoms. The van der Waals surface area contributed by atoms with Crippen LogP contribution in [0.4, 0.5) is 5.82 Å². The van der Waals surface area contributed by atoms with E-state index < -0.39 is 0 Å². The Hall–Kier alpha value is -1.62. The van der Waals surface area contributed by atoms with Crippen LogP contribution in [0.5, 0.6) is 0 Å². The van der Waals surface area contributed by atoms with E-state index in [0.717, 1.165) is 0 Å². The number of nitrogens with two attached hydrogens (primary N) is 1. The van der Waals surface area contributed by atoms with E-state index in [2.05, 4.69) is 10.3 Å². The van der Waals surface area contributed by atoms with E-state index in [0.29, 0.717) is 24.7 Å². The van der Waals surface area contributed by atoms with E-state index in [4.69, 9.17) is 10.5 Å². The maximum absolute atomic E-state index is 11.7. The highest BCUT2D eigenvalue weighted by Crippen LogP contribution is 2.00. The molecule has 5 heteroatoms. The van der Waals surface area contributed by atoms with Gasteiger partial charge in [-0.15, -0.1) is 0 Å². The molecular formula is C11H17N3O2. The summed E-state index contributed by atoms with van der Waals surface area (Å²) >= 11 is 0. The third-order valence-corrected chi connectivity index (χ3v) is 1.95. The number of nitrogens with one attached hydrogen (secondary N) is 1. The molecule has 5 nitrogen and oxygen atoms in total. The van der Waals surface area contributed by atoms with Gasteiger partial charge in [0.05, 0.1) is 6.61 Å². The monoisotopic (exact) mass is 223 g/mol. The highest BCUT2D eigenvalue weighted by atomic mass is 16.5. The summed E-state index contributed by atoms with van der Waals surface area (Å²) in [4.78, 5) is 15.6. The van der Waals surface area contributed by atoms with Gasteiger partial charge >= 0.3 is 0 Å². The molecule has 88 valence electrons. The predicted molar refractivity (Wildman–Crippen MR) is 62.1 cm³/mol. The third-order valence-electron chi connectivity index (χ3n) is 1.95. The summed E-state index contributed by atoms with van der Waals surface area (Å²) in [6.45, 7) is 4.91. The molecule has 0 saturated carbocycles. The summed E-state index contributed by atoms with van der Waals surface area (Å²) in [7, 11) is 0. The van der Waals surface area contributed by atoms with E-state index in [1.54, 1.807) is 18.2 Å². The molecule has 3 N–H and O–H groups in total. The lowest BCUT2D eigenvalue weighted by Gasteiger charge is -2.13. The van der Waals surface area contributed by atoms with Crippen molar-refractivity contribution in [2.75, 3.05) is 18.9 Å². The molecule has 1 aromatic heterocycles. The zero-order valence-corrected chi connectivity index (χ0v) is 9.56. The Morgan fingerprint density at radius 1 is 1.62 bits per heavy atom. The molecule has 0 saturated heterocycles. The summed E-state index contributed by atoms with van der Waals surface area (Å²) in [5.74, 6) is 0.101. The first-order valence-corrected chi connectivity index (χ1v) is 5.24. The number of carbonyl (C=O) groups excluding carboxylic acids is 1. The van der Waals surface area contributed by atoms with Gasteiger partial charge in [0.2, 0.25) is 0 Å². The minimum absolute atomic E-state index is 0.0457. The lowest BCUT2D eigenvalue weighted by molar-refractivity contribution is 0.0867. The van der Waals surface area contributed by atoms with E-state index in [1.807, 2.05) is 13.8 Å². The maximum atomic E-state index is 11.7. The lowest BCUT2D eigenvalue weighted by atomic mass is 10.3. The number of anilines is 1. The van der Waals surface area contributed by atoms with E-state index in [-0.39, 0.29) is 11.9 Å². The second kappa shape index (κ2) is 6.07. The second-order valence-electron chi connectivity index (χ2n) is 3.48. The molecule has 0 fully saturated rings. The number of pyridine rings is 1. The number of carbonyl (C=O) groups is 1. The Labute approximate surface area is 95.0 Å². The van der Waals surface area contributed by atoms with E-state index in [9.17, 15) is 4.79 Å². The standard InChI is InChI=1S/C11H17N3O2/c1-3-16-7-8(2)13-11(15)9-5-4-6-10(12)14-9/h4-6,8H,3,7H2,1-2H3,(H2,12,14)(H,13,15). The average Bonchev–Trinajstić information content (AvgIpc) is 2.26. The van der Waals surface area contributed by atoms with Gasteiger partial charge in [-0.05, 0) is 26.0 Å². The fraction of sp³-hybridized carbons (Fsp3) is 0.455. The molecule has 1 aromatic rings. The van der Waals surface area contributed by atoms with Crippen molar-refractivity contribution in [3.63, 3.8) is 0 Å². The van der Waals surface area contributed by atoms with Gasteiger partial charge in [-0.3, -0.25) is 4.79 Å². The molecule has 0 aromatic carbocycles. The minimum atomic E-state index is -0.237. The van der Waals surface area contributed by atoms with Gasteiger partial charge in [-0.1, -0.05) is 6.07 Å². The largest absolute Gasteiger partial charge is 0.384 e. The van der Waals surface area contributed by atoms with Crippen LogP contribution >= 0.6 is 0 Å². The van der Waals surface area contributed by atoms with Crippen molar-refractivity contribution in [1.82, 2.24) is 10.3 Å². The number of rotatable bonds is 5. The summed E-state index contributed by atoms with van der Waals surface area (Å²) in [6, 6.07) is 4.92. The highest BCUT2D eigenvalue weighted by Gasteiger charge is 2.10. The molecule has 1 heterocycles. The Bertz CT molecular complexity index is 355. The molecule has 1 rings (SSSR count). The summed E-state index contributed by atoms with van der Waals surface area (Å²) in [5, 5.41) is 2.78. The van der Waals surface area contributed by atoms with Gasteiger partial charge in [0.1, 0.15) is 11.5 Å². The van der Waals surface area contributed by atoms with E-state index in [1.165, 1.54) is 0 Å². The first-order chi connectivity index (χ1) is 7.63. The molecular weight excluding hydrogens is 206 g/mol. The lowest BCUT2D eigenvalue weighted by Crippen LogP contribution is -2.36. The summed E-state index contributed by atoms with van der Waals surface area (Å²) < 4.78 is 5.20. The van der Waals surface area contributed by atoms with Gasteiger partial charge in [-0.25, -0.2) is 4.98 Å². The van der Waals surface area contributed by atoms with Crippen LogP contribution in [0.25, 0.3) is 0 Å². The molecule has 0 aliphatic rings. The quantitative estimate of drug-likeness (QED) is 0.774. The van der Waals surface area contributed by atoms with Crippen molar-refractivity contribution in [3.8, 4) is 0 Å². The summed E-state index contributed by atoms with van der Waals surface area (Å²) in [5.41, 5.74) is 5.81. The highest BCUT2D eigenvalue weighted by molar-refractivity contribution is 5.92. The first kappa shape index (κ1) is 12.4. The number of nitrogen functional groups attached to an aromatic ring is 1. The molecule has 16 heavy (non-hydrogen) atoms. The van der Waals surface area contributed by atoms with Crippen molar-refractivity contribution in [2.45, 2.75) is 19.9 Å². The predicted octanol–water partition coefficient (Wildman–Crippen LogP) is 0.819. The molecule has 1 atom stereocenters. The number of nitrogens with zero attached hydrogens (tertiary/aromatic N) is 1. The SMILES string of the molecule is CCOCC(C)NC(=O)c1cccc(N)n1. The number of hydrogen-bond acceptors (Lipinski definition) is 4. The summed E-state index contributed by atoms with van der Waals surface area (Å²) in [6.07, 6.45) is 0. The Morgan fingerprint density at radius 2 is 2.38 bits per heavy atom. The molecule has 0 aliphatic carbocycles. The molecule has 0 aliphatic heterocycles. The van der Waals surface area contributed by atoms with Crippen LogP contribution in [0.1, 0.15) is 24.3 Å². The Kier molecular flexibility index (Phi) is 4.72.